The molecule has 1 N–H and O–H groups in total. The molecule has 1 aliphatic heterocycles. The lowest BCUT2D eigenvalue weighted by Gasteiger charge is -2.34. The van der Waals surface area contributed by atoms with Crippen LogP contribution < -0.4 is 10.1 Å². The van der Waals surface area contributed by atoms with E-state index in [-0.39, 0.29) is 35.8 Å². The topological polar surface area (TPSA) is 84.7 Å². The lowest BCUT2D eigenvalue weighted by atomic mass is 10.1. The van der Waals surface area contributed by atoms with Gasteiger partial charge in [0, 0.05) is 37.3 Å². The van der Waals surface area contributed by atoms with Crippen LogP contribution in [0.15, 0.2) is 18.2 Å². The molecule has 1 unspecified atom stereocenters. The molecule has 2 rings (SSSR count). The van der Waals surface area contributed by atoms with E-state index in [1.165, 1.54) is 19.2 Å². The number of nitro groups is 1. The molecule has 0 saturated carbocycles. The van der Waals surface area contributed by atoms with Gasteiger partial charge in [-0.2, -0.15) is 0 Å². The smallest absolute Gasteiger partial charge is 0.311 e. The number of amides is 1. The summed E-state index contributed by atoms with van der Waals surface area (Å²) in [4.78, 5) is 24.6. The molecule has 1 amide bonds. The number of carbonyl (C=O) groups excluding carboxylic acids is 1. The van der Waals surface area contributed by atoms with Gasteiger partial charge in [-0.1, -0.05) is 0 Å². The van der Waals surface area contributed by atoms with Gasteiger partial charge in [0.1, 0.15) is 0 Å². The molecule has 1 heterocycles. The molecular formula is C13H18ClN3O4. The molecule has 8 heteroatoms. The zero-order chi connectivity index (χ0) is 14.7. The normalized spacial score (nSPS) is 17.8. The quantitative estimate of drug-likeness (QED) is 0.674. The summed E-state index contributed by atoms with van der Waals surface area (Å²) in [5, 5.41) is 14.2. The maximum Gasteiger partial charge on any atom is 0.311 e. The first-order valence-corrected chi connectivity index (χ1v) is 6.38. The molecule has 116 valence electrons. The number of benzene rings is 1. The summed E-state index contributed by atoms with van der Waals surface area (Å²) in [5.41, 5.74) is 0.118. The largest absolute Gasteiger partial charge is 0.490 e. The molecule has 1 aromatic carbocycles. The highest BCUT2D eigenvalue weighted by Gasteiger charge is 2.26. The number of hydrogen-bond acceptors (Lipinski definition) is 5. The molecule has 1 aromatic rings. The third-order valence-corrected chi connectivity index (χ3v) is 3.38. The summed E-state index contributed by atoms with van der Waals surface area (Å²) >= 11 is 0. The first kappa shape index (κ1) is 17.2. The summed E-state index contributed by atoms with van der Waals surface area (Å²) < 4.78 is 4.93. The first-order chi connectivity index (χ1) is 9.54. The Morgan fingerprint density at radius 3 is 2.81 bits per heavy atom. The molecule has 0 radical (unpaired) electrons. The molecule has 0 bridgehead atoms. The Morgan fingerprint density at radius 2 is 2.24 bits per heavy atom. The van der Waals surface area contributed by atoms with Crippen LogP contribution in [-0.4, -0.2) is 48.5 Å². The molecule has 1 atom stereocenters. The fourth-order valence-electron chi connectivity index (χ4n) is 2.27. The van der Waals surface area contributed by atoms with Crippen molar-refractivity contribution in [1.82, 2.24) is 10.2 Å². The molecule has 0 spiro atoms. The van der Waals surface area contributed by atoms with Crippen LogP contribution in [0.5, 0.6) is 5.75 Å². The van der Waals surface area contributed by atoms with Crippen LogP contribution in [0.3, 0.4) is 0 Å². The summed E-state index contributed by atoms with van der Waals surface area (Å²) in [6.07, 6.45) is 0. The summed E-state index contributed by atoms with van der Waals surface area (Å²) in [6.45, 7) is 4.00. The van der Waals surface area contributed by atoms with Crippen molar-refractivity contribution in [3.05, 3.63) is 33.9 Å². The van der Waals surface area contributed by atoms with Crippen LogP contribution >= 0.6 is 12.4 Å². The molecule has 1 aliphatic rings. The van der Waals surface area contributed by atoms with Gasteiger partial charge in [-0.15, -0.1) is 12.4 Å². The number of piperazine rings is 1. The Bertz CT molecular complexity index is 538. The van der Waals surface area contributed by atoms with Gasteiger partial charge in [-0.25, -0.2) is 0 Å². The number of methoxy groups -OCH3 is 1. The average molecular weight is 316 g/mol. The van der Waals surface area contributed by atoms with E-state index in [1.807, 2.05) is 6.92 Å². The van der Waals surface area contributed by atoms with Crippen molar-refractivity contribution in [3.63, 3.8) is 0 Å². The zero-order valence-electron chi connectivity index (χ0n) is 11.9. The monoisotopic (exact) mass is 315 g/mol. The highest BCUT2D eigenvalue weighted by atomic mass is 35.5. The molecular weight excluding hydrogens is 298 g/mol. The van der Waals surface area contributed by atoms with Crippen LogP contribution in [0.1, 0.15) is 17.3 Å². The maximum atomic E-state index is 12.4. The van der Waals surface area contributed by atoms with Crippen molar-refractivity contribution < 1.29 is 14.5 Å². The van der Waals surface area contributed by atoms with Gasteiger partial charge in [-0.05, 0) is 19.1 Å². The van der Waals surface area contributed by atoms with Crippen LogP contribution in [0.25, 0.3) is 0 Å². The number of carbonyl (C=O) groups is 1. The van der Waals surface area contributed by atoms with Gasteiger partial charge in [0.2, 0.25) is 0 Å². The predicted molar refractivity (Wildman–Crippen MR) is 80.3 cm³/mol. The Labute approximate surface area is 128 Å². The second-order valence-electron chi connectivity index (χ2n) is 4.70. The van der Waals surface area contributed by atoms with Crippen molar-refractivity contribution in [3.8, 4) is 5.75 Å². The third kappa shape index (κ3) is 3.62. The summed E-state index contributed by atoms with van der Waals surface area (Å²) in [6, 6.07) is 4.36. The van der Waals surface area contributed by atoms with Crippen LogP contribution in [-0.2, 0) is 0 Å². The van der Waals surface area contributed by atoms with Gasteiger partial charge >= 0.3 is 5.69 Å². The standard InChI is InChI=1S/C13H17N3O4.ClH/c1-9-8-14-5-6-15(9)13(17)10-3-4-12(20-2)11(7-10)16(18)19;/h3-4,7,9,14H,5-6,8H2,1-2H3;1H. The molecule has 21 heavy (non-hydrogen) atoms. The Kier molecular flexibility index (Phi) is 5.92. The Morgan fingerprint density at radius 1 is 1.52 bits per heavy atom. The molecule has 0 aliphatic carbocycles. The predicted octanol–water partition coefficient (Wildman–Crippen LogP) is 1.46. The number of hydrogen-bond donors (Lipinski definition) is 1. The maximum absolute atomic E-state index is 12.4. The number of nitrogens with zero attached hydrogens (tertiary/aromatic N) is 2. The van der Waals surface area contributed by atoms with Crippen LogP contribution in [0.4, 0.5) is 5.69 Å². The van der Waals surface area contributed by atoms with Crippen molar-refractivity contribution in [2.24, 2.45) is 0 Å². The lowest BCUT2D eigenvalue weighted by Crippen LogP contribution is -2.52. The van der Waals surface area contributed by atoms with Crippen molar-refractivity contribution in [1.29, 1.82) is 0 Å². The Hall–Kier alpha value is -1.86. The first-order valence-electron chi connectivity index (χ1n) is 6.38. The Balaban J connectivity index is 0.00000220. The third-order valence-electron chi connectivity index (χ3n) is 3.38. The van der Waals surface area contributed by atoms with E-state index in [1.54, 1.807) is 11.0 Å². The SMILES string of the molecule is COc1ccc(C(=O)N2CCNCC2C)cc1[N+](=O)[O-].Cl. The van der Waals surface area contributed by atoms with E-state index in [9.17, 15) is 14.9 Å². The van der Waals surface area contributed by atoms with Gasteiger partial charge in [0.25, 0.3) is 5.91 Å². The second-order valence-corrected chi connectivity index (χ2v) is 4.70. The highest BCUT2D eigenvalue weighted by Crippen LogP contribution is 2.28. The minimum atomic E-state index is -0.545. The van der Waals surface area contributed by atoms with E-state index < -0.39 is 4.92 Å². The number of rotatable bonds is 3. The number of nitro benzene ring substituents is 1. The second kappa shape index (κ2) is 7.24. The minimum absolute atomic E-state index is 0. The fraction of sp³-hybridized carbons (Fsp3) is 0.462. The molecule has 7 nitrogen and oxygen atoms in total. The number of ether oxygens (including phenoxy) is 1. The average Bonchev–Trinajstić information content (AvgIpc) is 2.46. The van der Waals surface area contributed by atoms with Gasteiger partial charge < -0.3 is 15.0 Å². The van der Waals surface area contributed by atoms with Crippen LogP contribution in [0, 0.1) is 10.1 Å². The molecule has 1 fully saturated rings. The van der Waals surface area contributed by atoms with Crippen molar-refractivity contribution in [2.45, 2.75) is 13.0 Å². The number of halogens is 1. The van der Waals surface area contributed by atoms with Gasteiger partial charge in [-0.3, -0.25) is 14.9 Å². The highest BCUT2D eigenvalue weighted by molar-refractivity contribution is 5.95. The fourth-order valence-corrected chi connectivity index (χ4v) is 2.27. The molecule has 1 saturated heterocycles. The van der Waals surface area contributed by atoms with Gasteiger partial charge in [0.15, 0.2) is 5.75 Å². The van der Waals surface area contributed by atoms with E-state index in [4.69, 9.17) is 4.74 Å². The van der Waals surface area contributed by atoms with E-state index in [0.717, 1.165) is 13.1 Å². The van der Waals surface area contributed by atoms with Crippen molar-refractivity contribution >= 4 is 24.0 Å². The summed E-state index contributed by atoms with van der Waals surface area (Å²) in [5.74, 6) is -0.0373. The van der Waals surface area contributed by atoms with E-state index >= 15 is 0 Å². The number of nitrogens with one attached hydrogen (secondary N) is 1. The zero-order valence-corrected chi connectivity index (χ0v) is 12.7. The van der Waals surface area contributed by atoms with E-state index in [0.29, 0.717) is 12.1 Å². The van der Waals surface area contributed by atoms with E-state index in [2.05, 4.69) is 5.32 Å². The minimum Gasteiger partial charge on any atom is -0.490 e. The van der Waals surface area contributed by atoms with Crippen molar-refractivity contribution in [2.75, 3.05) is 26.7 Å². The molecule has 0 aromatic heterocycles. The van der Waals surface area contributed by atoms with Gasteiger partial charge in [0.05, 0.1) is 12.0 Å². The summed E-state index contributed by atoms with van der Waals surface area (Å²) in [7, 11) is 1.36. The lowest BCUT2D eigenvalue weighted by molar-refractivity contribution is -0.385. The van der Waals surface area contributed by atoms with Crippen LogP contribution in [0.2, 0.25) is 0 Å².